The monoisotopic (exact) mass is 354 g/mol. The molecule has 0 aliphatic carbocycles. The van der Waals surface area contributed by atoms with E-state index in [-0.39, 0.29) is 5.91 Å². The Kier molecular flexibility index (Phi) is 4.22. The first-order chi connectivity index (χ1) is 11.7. The van der Waals surface area contributed by atoms with E-state index >= 15 is 0 Å². The first-order valence-electron chi connectivity index (χ1n) is 7.95. The van der Waals surface area contributed by atoms with Crippen molar-refractivity contribution in [3.8, 4) is 0 Å². The fourth-order valence-electron chi connectivity index (χ4n) is 3.38. The number of fused-ring (bicyclic) bond motifs is 1. The molecule has 2 aromatic heterocycles. The number of carbonyl (C=O) groups is 1. The third-order valence-electron chi connectivity index (χ3n) is 4.48. The molecule has 0 radical (unpaired) electrons. The van der Waals surface area contributed by atoms with Gasteiger partial charge in [0.05, 0.1) is 6.04 Å². The number of nitrogens with two attached hydrogens (primary N) is 1. The van der Waals surface area contributed by atoms with Gasteiger partial charge in [-0.15, -0.1) is 22.7 Å². The van der Waals surface area contributed by atoms with Crippen LogP contribution in [0.5, 0.6) is 0 Å². The number of amides is 1. The van der Waals surface area contributed by atoms with Gasteiger partial charge in [0.25, 0.3) is 0 Å². The molecule has 0 bridgehead atoms. The van der Waals surface area contributed by atoms with Gasteiger partial charge in [0.2, 0.25) is 5.91 Å². The minimum atomic E-state index is -0.370. The molecule has 0 spiro atoms. The van der Waals surface area contributed by atoms with Crippen LogP contribution in [0.1, 0.15) is 37.3 Å². The highest BCUT2D eigenvalue weighted by Crippen LogP contribution is 2.40. The Morgan fingerprint density at radius 2 is 2.08 bits per heavy atom. The first kappa shape index (κ1) is 15.6. The highest BCUT2D eigenvalue weighted by molar-refractivity contribution is 7.10. The molecule has 1 aliphatic heterocycles. The van der Waals surface area contributed by atoms with Crippen molar-refractivity contribution in [3.05, 3.63) is 79.7 Å². The largest absolute Gasteiger partial charge is 0.366 e. The third-order valence-corrected chi connectivity index (χ3v) is 6.40. The summed E-state index contributed by atoms with van der Waals surface area (Å²) in [6.07, 6.45) is 1.09. The van der Waals surface area contributed by atoms with Crippen molar-refractivity contribution in [2.75, 3.05) is 6.54 Å². The number of rotatable bonds is 4. The van der Waals surface area contributed by atoms with E-state index in [1.165, 1.54) is 15.3 Å². The lowest BCUT2D eigenvalue weighted by Gasteiger charge is -2.35. The average molecular weight is 354 g/mol. The van der Waals surface area contributed by atoms with Crippen LogP contribution in [0, 0.1) is 0 Å². The second kappa shape index (κ2) is 6.51. The number of nitrogens with zero attached hydrogens (tertiary/aromatic N) is 1. The summed E-state index contributed by atoms with van der Waals surface area (Å²) in [5.41, 5.74) is 8.56. The molecule has 3 heterocycles. The summed E-state index contributed by atoms with van der Waals surface area (Å²) in [4.78, 5) is 16.8. The molecule has 3 nitrogen and oxygen atoms in total. The van der Waals surface area contributed by atoms with Crippen molar-refractivity contribution < 1.29 is 4.79 Å². The maximum atomic E-state index is 11.4. The zero-order valence-electron chi connectivity index (χ0n) is 13.1. The Morgan fingerprint density at radius 3 is 2.88 bits per heavy atom. The summed E-state index contributed by atoms with van der Waals surface area (Å²) in [5.74, 6) is -0.370. The molecule has 1 unspecified atom stereocenters. The van der Waals surface area contributed by atoms with Crippen LogP contribution < -0.4 is 5.73 Å². The molecule has 1 aromatic carbocycles. The summed E-state index contributed by atoms with van der Waals surface area (Å²) < 4.78 is 0. The molecule has 4 rings (SSSR count). The van der Waals surface area contributed by atoms with Gasteiger partial charge in [0.15, 0.2) is 0 Å². The van der Waals surface area contributed by atoms with Crippen molar-refractivity contribution in [1.29, 1.82) is 0 Å². The predicted molar refractivity (Wildman–Crippen MR) is 99.6 cm³/mol. The van der Waals surface area contributed by atoms with Gasteiger partial charge in [-0.1, -0.05) is 18.2 Å². The Hall–Kier alpha value is -1.95. The zero-order valence-corrected chi connectivity index (χ0v) is 14.8. The van der Waals surface area contributed by atoms with Gasteiger partial charge < -0.3 is 5.73 Å². The maximum Gasteiger partial charge on any atom is 0.248 e. The van der Waals surface area contributed by atoms with Crippen molar-refractivity contribution in [2.45, 2.75) is 19.0 Å². The van der Waals surface area contributed by atoms with Gasteiger partial charge in [-0.2, -0.15) is 0 Å². The molecule has 0 saturated heterocycles. The number of benzene rings is 1. The van der Waals surface area contributed by atoms with E-state index in [1.54, 1.807) is 6.07 Å². The minimum Gasteiger partial charge on any atom is -0.366 e. The number of thiophene rings is 2. The quantitative estimate of drug-likeness (QED) is 0.768. The fraction of sp³-hybridized carbons (Fsp3) is 0.211. The first-order valence-corrected chi connectivity index (χ1v) is 9.71. The van der Waals surface area contributed by atoms with Gasteiger partial charge >= 0.3 is 0 Å². The SMILES string of the molecule is NC(=O)c1cccc(CN2CCc3sccc3C2c2cccs2)c1. The Labute approximate surface area is 149 Å². The van der Waals surface area contributed by atoms with E-state index < -0.39 is 0 Å². The van der Waals surface area contributed by atoms with E-state index in [0.717, 1.165) is 25.1 Å². The van der Waals surface area contributed by atoms with Gasteiger partial charge in [0, 0.05) is 28.4 Å². The standard InChI is InChI=1S/C19H18N2OS2/c20-19(22)14-4-1-3-13(11-14)12-21-8-6-16-15(7-10-24-16)18(21)17-5-2-9-23-17/h1-5,7,9-11,18H,6,8,12H2,(H2,20,22). The van der Waals surface area contributed by atoms with Crippen LogP contribution in [-0.2, 0) is 13.0 Å². The zero-order chi connectivity index (χ0) is 16.5. The van der Waals surface area contributed by atoms with Crippen molar-refractivity contribution >= 4 is 28.6 Å². The van der Waals surface area contributed by atoms with Gasteiger partial charge in [0.1, 0.15) is 0 Å². The molecule has 24 heavy (non-hydrogen) atoms. The molecular formula is C19H18N2OS2. The lowest BCUT2D eigenvalue weighted by molar-refractivity contribution is 0.1000. The Balaban J connectivity index is 1.67. The van der Waals surface area contributed by atoms with Crippen molar-refractivity contribution in [3.63, 3.8) is 0 Å². The molecule has 0 fully saturated rings. The average Bonchev–Trinajstić information content (AvgIpc) is 3.26. The number of carbonyl (C=O) groups excluding carboxylic acids is 1. The van der Waals surface area contributed by atoms with E-state index in [2.05, 4.69) is 39.9 Å². The Morgan fingerprint density at radius 1 is 1.17 bits per heavy atom. The Bertz CT molecular complexity index is 854. The second-order valence-electron chi connectivity index (χ2n) is 6.00. The summed E-state index contributed by atoms with van der Waals surface area (Å²) in [7, 11) is 0. The molecule has 3 aromatic rings. The van der Waals surface area contributed by atoms with Gasteiger partial charge in [-0.3, -0.25) is 9.69 Å². The van der Waals surface area contributed by atoms with E-state index in [4.69, 9.17) is 5.73 Å². The smallest absolute Gasteiger partial charge is 0.248 e. The third kappa shape index (κ3) is 2.90. The van der Waals surface area contributed by atoms with E-state index in [0.29, 0.717) is 11.6 Å². The van der Waals surface area contributed by atoms with Crippen LogP contribution in [0.2, 0.25) is 0 Å². The number of hydrogen-bond acceptors (Lipinski definition) is 4. The van der Waals surface area contributed by atoms with Crippen LogP contribution >= 0.6 is 22.7 Å². The van der Waals surface area contributed by atoms with Crippen LogP contribution in [0.3, 0.4) is 0 Å². The van der Waals surface area contributed by atoms with Crippen LogP contribution in [0.4, 0.5) is 0 Å². The predicted octanol–water partition coefficient (Wildman–Crippen LogP) is 4.06. The van der Waals surface area contributed by atoms with Crippen LogP contribution in [0.25, 0.3) is 0 Å². The van der Waals surface area contributed by atoms with E-state index in [1.807, 2.05) is 34.8 Å². The topological polar surface area (TPSA) is 46.3 Å². The highest BCUT2D eigenvalue weighted by Gasteiger charge is 2.30. The highest BCUT2D eigenvalue weighted by atomic mass is 32.1. The van der Waals surface area contributed by atoms with Crippen LogP contribution in [-0.4, -0.2) is 17.4 Å². The van der Waals surface area contributed by atoms with Gasteiger partial charge in [-0.05, 0) is 52.6 Å². The molecule has 5 heteroatoms. The number of primary amides is 1. The van der Waals surface area contributed by atoms with E-state index in [9.17, 15) is 4.79 Å². The molecule has 0 saturated carbocycles. The lowest BCUT2D eigenvalue weighted by Crippen LogP contribution is -2.34. The van der Waals surface area contributed by atoms with Crippen LogP contribution in [0.15, 0.2) is 53.2 Å². The molecule has 2 N–H and O–H groups in total. The van der Waals surface area contributed by atoms with Gasteiger partial charge in [-0.25, -0.2) is 0 Å². The summed E-state index contributed by atoms with van der Waals surface area (Å²) in [6.45, 7) is 1.84. The number of hydrogen-bond donors (Lipinski definition) is 1. The second-order valence-corrected chi connectivity index (χ2v) is 7.98. The molecule has 122 valence electrons. The summed E-state index contributed by atoms with van der Waals surface area (Å²) in [5, 5.41) is 4.34. The molecule has 1 atom stereocenters. The fourth-order valence-corrected chi connectivity index (χ4v) is 5.16. The normalized spacial score (nSPS) is 17.6. The lowest BCUT2D eigenvalue weighted by atomic mass is 9.97. The van der Waals surface area contributed by atoms with Crippen molar-refractivity contribution in [2.24, 2.45) is 5.73 Å². The molecule has 1 aliphatic rings. The molecular weight excluding hydrogens is 336 g/mol. The summed E-state index contributed by atoms with van der Waals surface area (Å²) in [6, 6.07) is 14.6. The van der Waals surface area contributed by atoms with Crippen molar-refractivity contribution in [1.82, 2.24) is 4.90 Å². The maximum absolute atomic E-state index is 11.4. The minimum absolute atomic E-state index is 0.303. The molecule has 1 amide bonds. The summed E-state index contributed by atoms with van der Waals surface area (Å²) >= 11 is 3.67.